The van der Waals surface area contributed by atoms with Crippen LogP contribution in [0.2, 0.25) is 0 Å². The molecule has 0 atom stereocenters. The van der Waals surface area contributed by atoms with E-state index in [1.807, 2.05) is 14.2 Å². The van der Waals surface area contributed by atoms with Crippen molar-refractivity contribution in [2.24, 2.45) is 0 Å². The van der Waals surface area contributed by atoms with Crippen LogP contribution in [0.3, 0.4) is 0 Å². The van der Waals surface area contributed by atoms with E-state index in [9.17, 15) is 0 Å². The lowest BCUT2D eigenvalue weighted by Gasteiger charge is -2.24. The summed E-state index contributed by atoms with van der Waals surface area (Å²) < 4.78 is 13.4. The Morgan fingerprint density at radius 3 is 1.02 bits per heavy atom. The highest BCUT2D eigenvalue weighted by molar-refractivity contribution is 6.29. The minimum Gasteiger partial charge on any atom is -0.495 e. The van der Waals surface area contributed by atoms with Gasteiger partial charge in [0.05, 0.1) is 14.2 Å². The first-order chi connectivity index (χ1) is 27.7. The molecule has 12 aromatic carbocycles. The molecule has 0 amide bonds. The van der Waals surface area contributed by atoms with Crippen LogP contribution in [0.5, 0.6) is 11.5 Å². The summed E-state index contributed by atoms with van der Waals surface area (Å²) in [5, 5.41) is 19.5. The molecule has 0 heterocycles. The maximum atomic E-state index is 6.70. The molecule has 0 bridgehead atoms. The second kappa shape index (κ2) is 11.7. The second-order valence-electron chi connectivity index (χ2n) is 15.1. The van der Waals surface area contributed by atoms with E-state index in [2.05, 4.69) is 170 Å². The van der Waals surface area contributed by atoms with Crippen LogP contribution in [0, 0.1) is 0 Å². The summed E-state index contributed by atoms with van der Waals surface area (Å²) in [6.07, 6.45) is 0. The number of rotatable bonds is 5. The summed E-state index contributed by atoms with van der Waals surface area (Å²) >= 11 is 0. The van der Waals surface area contributed by atoms with Gasteiger partial charge >= 0.3 is 0 Å². The molecular weight excluding hydrogens is 681 g/mol. The van der Waals surface area contributed by atoms with E-state index in [-0.39, 0.29) is 0 Å². The van der Waals surface area contributed by atoms with Crippen LogP contribution < -0.4 is 9.47 Å². The first kappa shape index (κ1) is 31.2. The quantitative estimate of drug-likeness (QED) is 0.165. The lowest BCUT2D eigenvalue weighted by atomic mass is 9.83. The third kappa shape index (κ3) is 4.21. The molecule has 0 aliphatic heterocycles. The summed E-state index contributed by atoms with van der Waals surface area (Å²) in [7, 11) is 3.63. The largest absolute Gasteiger partial charge is 0.495 e. The Balaban J connectivity index is 1.24. The third-order valence-electron chi connectivity index (χ3n) is 12.3. The lowest BCUT2D eigenvalue weighted by molar-refractivity contribution is 0.413. The summed E-state index contributed by atoms with van der Waals surface area (Å²) in [6.45, 7) is 0. The monoisotopic (exact) mass is 714 g/mol. The first-order valence-electron chi connectivity index (χ1n) is 19.2. The number of ether oxygens (including phenoxy) is 2. The normalized spacial score (nSPS) is 12.1. The van der Waals surface area contributed by atoms with Gasteiger partial charge in [0.1, 0.15) is 11.5 Å². The molecule has 0 aliphatic rings. The van der Waals surface area contributed by atoms with Crippen molar-refractivity contribution < 1.29 is 9.47 Å². The van der Waals surface area contributed by atoms with Crippen molar-refractivity contribution in [2.45, 2.75) is 0 Å². The van der Waals surface area contributed by atoms with Crippen molar-refractivity contribution in [3.8, 4) is 44.9 Å². The van der Waals surface area contributed by atoms with Gasteiger partial charge in [-0.15, -0.1) is 0 Å². The van der Waals surface area contributed by atoms with Gasteiger partial charge in [0.15, 0.2) is 0 Å². The van der Waals surface area contributed by atoms with Gasteiger partial charge in [-0.1, -0.05) is 146 Å². The van der Waals surface area contributed by atoms with Crippen LogP contribution >= 0.6 is 0 Å². The van der Waals surface area contributed by atoms with E-state index in [1.54, 1.807) is 0 Å². The van der Waals surface area contributed by atoms with Crippen molar-refractivity contribution in [3.05, 3.63) is 170 Å². The van der Waals surface area contributed by atoms with Crippen LogP contribution in [0.4, 0.5) is 0 Å². The zero-order valence-electron chi connectivity index (χ0n) is 31.0. The fourth-order valence-electron chi connectivity index (χ4n) is 9.95. The average Bonchev–Trinajstić information content (AvgIpc) is 3.26. The van der Waals surface area contributed by atoms with Crippen LogP contribution in [-0.4, -0.2) is 14.2 Å². The Bertz CT molecular complexity index is 3320. The van der Waals surface area contributed by atoms with E-state index in [1.165, 1.54) is 64.6 Å². The molecule has 12 rings (SSSR count). The lowest BCUT2D eigenvalue weighted by Crippen LogP contribution is -2.00. The molecule has 0 aliphatic carbocycles. The van der Waals surface area contributed by atoms with E-state index in [4.69, 9.17) is 9.47 Å². The van der Waals surface area contributed by atoms with Crippen LogP contribution in [-0.2, 0) is 0 Å². The molecule has 2 heteroatoms. The zero-order chi connectivity index (χ0) is 37.1. The van der Waals surface area contributed by atoms with Gasteiger partial charge < -0.3 is 9.47 Å². The molecule has 0 saturated heterocycles. The first-order valence-corrected chi connectivity index (χ1v) is 19.2. The number of benzene rings is 12. The van der Waals surface area contributed by atoms with Gasteiger partial charge in [-0.05, 0) is 122 Å². The van der Waals surface area contributed by atoms with Gasteiger partial charge in [-0.2, -0.15) is 0 Å². The Morgan fingerprint density at radius 2 is 0.589 bits per heavy atom. The van der Waals surface area contributed by atoms with Gasteiger partial charge in [0.25, 0.3) is 0 Å². The van der Waals surface area contributed by atoms with Crippen molar-refractivity contribution in [1.82, 2.24) is 0 Å². The second-order valence-corrected chi connectivity index (χ2v) is 15.1. The average molecular weight is 715 g/mol. The molecule has 0 N–H and O–H groups in total. The molecule has 0 fully saturated rings. The molecule has 2 nitrogen and oxygen atoms in total. The molecule has 0 saturated carbocycles. The van der Waals surface area contributed by atoms with Gasteiger partial charge in [0.2, 0.25) is 0 Å². The van der Waals surface area contributed by atoms with Crippen LogP contribution in [0.25, 0.3) is 120 Å². The molecule has 0 spiro atoms. The number of fused-ring (bicyclic) bond motifs is 2. The maximum absolute atomic E-state index is 6.70. The zero-order valence-corrected chi connectivity index (χ0v) is 31.0. The van der Waals surface area contributed by atoms with Crippen molar-refractivity contribution >= 4 is 86.2 Å². The van der Waals surface area contributed by atoms with E-state index >= 15 is 0 Å². The molecule has 56 heavy (non-hydrogen) atoms. The van der Waals surface area contributed by atoms with Crippen LogP contribution in [0.15, 0.2) is 170 Å². The van der Waals surface area contributed by atoms with Crippen molar-refractivity contribution in [2.75, 3.05) is 14.2 Å². The highest BCUT2D eigenvalue weighted by Crippen LogP contribution is 2.54. The Labute approximate surface area is 323 Å². The SMILES string of the molecule is COc1c(-c2cc3cccc4ccc5cccc2c5c43)cc2ccccc2c1-c1c(OC)c(-c2cc3cccc4ccc5cccc2c5c43)cc2ccccc12. The third-order valence-corrected chi connectivity index (χ3v) is 12.3. The topological polar surface area (TPSA) is 18.5 Å². The summed E-state index contributed by atoms with van der Waals surface area (Å²) in [4.78, 5) is 0. The fourth-order valence-corrected chi connectivity index (χ4v) is 9.95. The van der Waals surface area contributed by atoms with Gasteiger partial charge in [0, 0.05) is 22.3 Å². The smallest absolute Gasteiger partial charge is 0.135 e. The van der Waals surface area contributed by atoms with Gasteiger partial charge in [-0.25, -0.2) is 0 Å². The van der Waals surface area contributed by atoms with E-state index < -0.39 is 0 Å². The summed E-state index contributed by atoms with van der Waals surface area (Å²) in [5.74, 6) is 1.66. The molecule has 262 valence electrons. The Morgan fingerprint density at radius 1 is 0.268 bits per heavy atom. The highest BCUT2D eigenvalue weighted by atomic mass is 16.5. The maximum Gasteiger partial charge on any atom is 0.135 e. The van der Waals surface area contributed by atoms with Gasteiger partial charge in [-0.3, -0.25) is 0 Å². The Hall–Kier alpha value is -7.16. The molecule has 0 radical (unpaired) electrons. The number of methoxy groups -OCH3 is 2. The molecule has 12 aromatic rings. The summed E-state index contributed by atoms with van der Waals surface area (Å²) in [5.41, 5.74) is 6.46. The molecular formula is C54H34O2. The molecule has 0 unspecified atom stereocenters. The predicted octanol–water partition coefficient (Wildman–Crippen LogP) is 14.8. The molecule has 0 aromatic heterocycles. The number of hydrogen-bond acceptors (Lipinski definition) is 2. The van der Waals surface area contributed by atoms with E-state index in [0.29, 0.717) is 0 Å². The van der Waals surface area contributed by atoms with Crippen LogP contribution in [0.1, 0.15) is 0 Å². The number of hydrogen-bond donors (Lipinski definition) is 0. The van der Waals surface area contributed by atoms with Crippen molar-refractivity contribution in [1.29, 1.82) is 0 Å². The van der Waals surface area contributed by atoms with E-state index in [0.717, 1.165) is 66.4 Å². The highest BCUT2D eigenvalue weighted by Gasteiger charge is 2.27. The Kier molecular flexibility index (Phi) is 6.50. The predicted molar refractivity (Wildman–Crippen MR) is 238 cm³/mol. The minimum absolute atomic E-state index is 0.828. The van der Waals surface area contributed by atoms with Crippen molar-refractivity contribution in [3.63, 3.8) is 0 Å². The fraction of sp³-hybridized carbons (Fsp3) is 0.0370. The summed E-state index contributed by atoms with van der Waals surface area (Å²) in [6, 6.07) is 62.3. The standard InChI is InChI=1S/C54H34O2/c1-55-53-45(43-29-37-17-7-13-31-23-25-33-15-9-21-41(43)49(33)47(31)37)27-35-11-3-5-19-39(35)51(53)52-40-20-6-4-12-36(40)28-46(54(52)56-2)44-30-38-18-8-14-32-24-26-34-16-10-22-42(44)50(34)48(32)38/h3-30H,1-2H3. The minimum atomic E-state index is 0.828.